The molecule has 0 amide bonds. The van der Waals surface area contributed by atoms with Crippen LogP contribution in [0.25, 0.3) is 0 Å². The number of fused-ring (bicyclic) bond motifs is 1. The Hall–Kier alpha value is -2.14. The molecule has 4 nitrogen and oxygen atoms in total. The van der Waals surface area contributed by atoms with E-state index in [9.17, 15) is 9.59 Å². The van der Waals surface area contributed by atoms with Crippen molar-refractivity contribution in [3.63, 3.8) is 0 Å². The van der Waals surface area contributed by atoms with Crippen LogP contribution in [0.4, 0.5) is 0 Å². The van der Waals surface area contributed by atoms with Gasteiger partial charge >= 0.3 is 5.97 Å². The molecule has 1 unspecified atom stereocenters. The molecule has 1 aliphatic rings. The zero-order valence-electron chi connectivity index (χ0n) is 15.5. The summed E-state index contributed by atoms with van der Waals surface area (Å²) in [6, 6.07) is 7.61. The van der Waals surface area contributed by atoms with E-state index in [2.05, 4.69) is 6.92 Å². The number of ketones is 1. The fraction of sp³-hybridized carbons (Fsp3) is 0.429. The van der Waals surface area contributed by atoms with Gasteiger partial charge < -0.3 is 9.47 Å². The maximum atomic E-state index is 12.4. The lowest BCUT2D eigenvalue weighted by atomic mass is 9.88. The molecular formula is C21H24O4S. The highest BCUT2D eigenvalue weighted by atomic mass is 32.1. The molecule has 3 rings (SSSR count). The predicted octanol–water partition coefficient (Wildman–Crippen LogP) is 4.16. The average molecular weight is 372 g/mol. The van der Waals surface area contributed by atoms with Crippen LogP contribution in [0.1, 0.15) is 44.6 Å². The van der Waals surface area contributed by atoms with Crippen LogP contribution in [0.15, 0.2) is 24.3 Å². The van der Waals surface area contributed by atoms with Crippen molar-refractivity contribution in [1.82, 2.24) is 0 Å². The smallest absolute Gasteiger partial charge is 0.339 e. The van der Waals surface area contributed by atoms with Gasteiger partial charge in [0.15, 0.2) is 5.78 Å². The molecule has 0 bridgehead atoms. The van der Waals surface area contributed by atoms with Gasteiger partial charge in [-0.25, -0.2) is 4.79 Å². The minimum absolute atomic E-state index is 0.00262. The van der Waals surface area contributed by atoms with Crippen LogP contribution in [0.3, 0.4) is 0 Å². The first-order chi connectivity index (χ1) is 12.5. The van der Waals surface area contributed by atoms with Crippen molar-refractivity contribution in [2.75, 3.05) is 13.7 Å². The summed E-state index contributed by atoms with van der Waals surface area (Å²) in [7, 11) is 1.39. The van der Waals surface area contributed by atoms with Crippen LogP contribution in [-0.4, -0.2) is 25.5 Å². The van der Waals surface area contributed by atoms with Gasteiger partial charge in [-0.3, -0.25) is 4.79 Å². The summed E-state index contributed by atoms with van der Waals surface area (Å²) in [6.07, 6.45) is 3.13. The number of thiophene rings is 1. The number of ether oxygens (including phenoxy) is 2. The summed E-state index contributed by atoms with van der Waals surface area (Å²) >= 11 is 1.58. The Morgan fingerprint density at radius 2 is 1.96 bits per heavy atom. The van der Waals surface area contributed by atoms with Crippen molar-refractivity contribution in [2.45, 2.75) is 39.5 Å². The molecule has 2 aromatic rings. The van der Waals surface area contributed by atoms with E-state index < -0.39 is 0 Å². The fourth-order valence-corrected chi connectivity index (χ4v) is 4.83. The van der Waals surface area contributed by atoms with Crippen molar-refractivity contribution >= 4 is 23.1 Å². The molecule has 1 aromatic heterocycles. The molecule has 0 fully saturated rings. The van der Waals surface area contributed by atoms with E-state index in [0.717, 1.165) is 35.3 Å². The van der Waals surface area contributed by atoms with Crippen molar-refractivity contribution in [1.29, 1.82) is 0 Å². The van der Waals surface area contributed by atoms with Crippen LogP contribution in [0, 0.1) is 12.8 Å². The lowest BCUT2D eigenvalue weighted by Gasteiger charge is -2.18. The van der Waals surface area contributed by atoms with E-state index in [-0.39, 0.29) is 24.8 Å². The van der Waals surface area contributed by atoms with Gasteiger partial charge in [-0.05, 0) is 49.8 Å². The lowest BCUT2D eigenvalue weighted by Crippen LogP contribution is -2.16. The fourth-order valence-electron chi connectivity index (χ4n) is 3.30. The van der Waals surface area contributed by atoms with Crippen molar-refractivity contribution in [3.05, 3.63) is 50.7 Å². The third-order valence-electron chi connectivity index (χ3n) is 4.75. The topological polar surface area (TPSA) is 52.6 Å². The molecule has 1 aromatic carbocycles. The molecule has 0 aliphatic heterocycles. The van der Waals surface area contributed by atoms with E-state index in [1.165, 1.54) is 12.0 Å². The normalized spacial score (nSPS) is 16.0. The zero-order chi connectivity index (χ0) is 18.7. The molecule has 0 N–H and O–H groups in total. The number of hydrogen-bond donors (Lipinski definition) is 0. The quantitative estimate of drug-likeness (QED) is 0.715. The van der Waals surface area contributed by atoms with E-state index in [1.54, 1.807) is 11.3 Å². The number of hydrogen-bond acceptors (Lipinski definition) is 5. The molecule has 0 saturated heterocycles. The number of rotatable bonds is 6. The van der Waals surface area contributed by atoms with Gasteiger partial charge in [0.25, 0.3) is 0 Å². The second-order valence-electron chi connectivity index (χ2n) is 6.96. The third-order valence-corrected chi connectivity index (χ3v) is 6.01. The Morgan fingerprint density at radius 1 is 1.23 bits per heavy atom. The zero-order valence-corrected chi connectivity index (χ0v) is 16.3. The Balaban J connectivity index is 1.73. The van der Waals surface area contributed by atoms with Crippen LogP contribution >= 0.6 is 11.3 Å². The summed E-state index contributed by atoms with van der Waals surface area (Å²) in [5.74, 6) is 0.915. The van der Waals surface area contributed by atoms with E-state index in [1.807, 2.05) is 31.2 Å². The Kier molecular flexibility index (Phi) is 5.77. The van der Waals surface area contributed by atoms with Crippen LogP contribution in [0.2, 0.25) is 0 Å². The van der Waals surface area contributed by atoms with E-state index >= 15 is 0 Å². The van der Waals surface area contributed by atoms with Gasteiger partial charge in [-0.2, -0.15) is 0 Å². The minimum atomic E-state index is -0.334. The summed E-state index contributed by atoms with van der Waals surface area (Å²) in [5.41, 5.74) is 2.84. The summed E-state index contributed by atoms with van der Waals surface area (Å²) in [5, 5.41) is 0. The van der Waals surface area contributed by atoms with E-state index in [0.29, 0.717) is 17.2 Å². The Labute approximate surface area is 158 Å². The van der Waals surface area contributed by atoms with Crippen LogP contribution in [-0.2, 0) is 28.8 Å². The molecule has 138 valence electrons. The highest BCUT2D eigenvalue weighted by Gasteiger charge is 2.28. The van der Waals surface area contributed by atoms with Crippen molar-refractivity contribution in [2.24, 2.45) is 5.92 Å². The second-order valence-corrected chi connectivity index (χ2v) is 8.15. The average Bonchev–Trinajstić information content (AvgIpc) is 2.97. The minimum Gasteiger partial charge on any atom is -0.486 e. The number of methoxy groups -OCH3 is 1. The number of benzene rings is 1. The van der Waals surface area contributed by atoms with E-state index in [4.69, 9.17) is 9.47 Å². The number of Topliss-reactive ketones (excluding diaryl/α,β-unsaturated/α-hetero) is 1. The largest absolute Gasteiger partial charge is 0.486 e. The maximum absolute atomic E-state index is 12.4. The highest BCUT2D eigenvalue weighted by Crippen LogP contribution is 2.37. The first kappa shape index (κ1) is 18.6. The van der Waals surface area contributed by atoms with Gasteiger partial charge in [0.1, 0.15) is 12.4 Å². The molecular weight excluding hydrogens is 348 g/mol. The Bertz CT molecular complexity index is 804. The second kappa shape index (κ2) is 8.04. The van der Waals surface area contributed by atoms with Crippen LogP contribution < -0.4 is 4.74 Å². The van der Waals surface area contributed by atoms with Gasteiger partial charge in [-0.15, -0.1) is 11.3 Å². The standard InChI is InChI=1S/C21H24O4S/c1-13-4-7-16(8-5-13)25-12-15(22)11-19-20(21(23)24-3)17-9-6-14(2)10-18(17)26-19/h4-5,7-8,14H,6,9-12H2,1-3H3. The number of aryl methyl sites for hydroxylation is 1. The molecule has 1 heterocycles. The molecule has 0 spiro atoms. The third kappa shape index (κ3) is 4.15. The van der Waals surface area contributed by atoms with Gasteiger partial charge in [0.2, 0.25) is 0 Å². The molecule has 1 aliphatic carbocycles. The van der Waals surface area contributed by atoms with Gasteiger partial charge in [0, 0.05) is 16.2 Å². The number of carbonyl (C=O) groups is 2. The van der Waals surface area contributed by atoms with Crippen molar-refractivity contribution in [3.8, 4) is 5.75 Å². The summed E-state index contributed by atoms with van der Waals surface area (Å²) in [6.45, 7) is 4.23. The molecule has 5 heteroatoms. The lowest BCUT2D eigenvalue weighted by molar-refractivity contribution is -0.120. The number of esters is 1. The van der Waals surface area contributed by atoms with Crippen molar-refractivity contribution < 1.29 is 19.1 Å². The first-order valence-corrected chi connectivity index (χ1v) is 9.72. The van der Waals surface area contributed by atoms with Gasteiger partial charge in [-0.1, -0.05) is 24.6 Å². The first-order valence-electron chi connectivity index (χ1n) is 8.90. The summed E-state index contributed by atoms with van der Waals surface area (Å²) < 4.78 is 10.6. The maximum Gasteiger partial charge on any atom is 0.339 e. The monoisotopic (exact) mass is 372 g/mol. The van der Waals surface area contributed by atoms with Crippen LogP contribution in [0.5, 0.6) is 5.75 Å². The summed E-state index contributed by atoms with van der Waals surface area (Å²) in [4.78, 5) is 26.7. The Morgan fingerprint density at radius 3 is 2.65 bits per heavy atom. The molecule has 1 atom stereocenters. The predicted molar refractivity (Wildman–Crippen MR) is 102 cm³/mol. The molecule has 26 heavy (non-hydrogen) atoms. The number of carbonyl (C=O) groups excluding carboxylic acids is 2. The molecule has 0 radical (unpaired) electrons. The molecule has 0 saturated carbocycles. The highest BCUT2D eigenvalue weighted by molar-refractivity contribution is 7.12. The SMILES string of the molecule is COC(=O)c1c(CC(=O)COc2ccc(C)cc2)sc2c1CCC(C)C2. The van der Waals surface area contributed by atoms with Gasteiger partial charge in [0.05, 0.1) is 12.7 Å².